The Bertz CT molecular complexity index is 668. The Morgan fingerprint density at radius 3 is 2.58 bits per heavy atom. The van der Waals surface area contributed by atoms with Gasteiger partial charge < -0.3 is 19.8 Å². The van der Waals surface area contributed by atoms with Crippen molar-refractivity contribution in [2.75, 3.05) is 13.1 Å². The minimum atomic E-state index is -0.955. The number of rotatable bonds is 3. The predicted octanol–water partition coefficient (Wildman–Crippen LogP) is 0.416. The highest BCUT2D eigenvalue weighted by molar-refractivity contribution is 5.88. The third-order valence-electron chi connectivity index (χ3n) is 5.26. The van der Waals surface area contributed by atoms with Crippen LogP contribution in [-0.4, -0.2) is 51.6 Å². The summed E-state index contributed by atoms with van der Waals surface area (Å²) in [4.78, 5) is 37.3. The van der Waals surface area contributed by atoms with Crippen LogP contribution in [0.3, 0.4) is 0 Å². The van der Waals surface area contributed by atoms with Gasteiger partial charge in [-0.05, 0) is 26.7 Å². The molecule has 2 aliphatic heterocycles. The van der Waals surface area contributed by atoms with Crippen molar-refractivity contribution in [1.29, 1.82) is 0 Å². The van der Waals surface area contributed by atoms with Crippen LogP contribution in [0.2, 0.25) is 0 Å². The first-order chi connectivity index (χ1) is 11.3. The van der Waals surface area contributed by atoms with Crippen molar-refractivity contribution in [3.05, 3.63) is 17.0 Å². The molecule has 1 aromatic rings. The fourth-order valence-corrected chi connectivity index (χ4v) is 3.77. The van der Waals surface area contributed by atoms with Crippen molar-refractivity contribution >= 4 is 17.8 Å². The van der Waals surface area contributed by atoms with Gasteiger partial charge in [-0.1, -0.05) is 5.16 Å². The van der Waals surface area contributed by atoms with Gasteiger partial charge in [0.05, 0.1) is 23.6 Å². The Morgan fingerprint density at radius 2 is 2.04 bits per heavy atom. The Morgan fingerprint density at radius 1 is 1.38 bits per heavy atom. The molecule has 0 bridgehead atoms. The predicted molar refractivity (Wildman–Crippen MR) is 82.1 cm³/mol. The number of nitrogens with zero attached hydrogens (tertiary/aromatic N) is 2. The van der Waals surface area contributed by atoms with Crippen molar-refractivity contribution in [2.24, 2.45) is 5.92 Å². The van der Waals surface area contributed by atoms with E-state index in [2.05, 4.69) is 10.5 Å². The Hall–Kier alpha value is -2.38. The van der Waals surface area contributed by atoms with Gasteiger partial charge >= 0.3 is 5.97 Å². The van der Waals surface area contributed by atoms with Crippen molar-refractivity contribution < 1.29 is 24.0 Å². The molecule has 1 unspecified atom stereocenters. The van der Waals surface area contributed by atoms with Crippen LogP contribution >= 0.6 is 0 Å². The molecule has 0 aromatic carbocycles. The zero-order chi connectivity index (χ0) is 17.5. The molecular weight excluding hydrogens is 314 g/mol. The summed E-state index contributed by atoms with van der Waals surface area (Å²) in [6.45, 7) is 4.45. The van der Waals surface area contributed by atoms with E-state index in [-0.39, 0.29) is 24.7 Å². The summed E-state index contributed by atoms with van der Waals surface area (Å²) >= 11 is 0. The van der Waals surface area contributed by atoms with Crippen LogP contribution in [0.4, 0.5) is 0 Å². The van der Waals surface area contributed by atoms with Crippen LogP contribution in [-0.2, 0) is 20.8 Å². The van der Waals surface area contributed by atoms with E-state index in [0.717, 1.165) is 5.56 Å². The molecule has 0 saturated carbocycles. The second-order valence-corrected chi connectivity index (χ2v) is 6.66. The molecule has 2 N–H and O–H groups in total. The summed E-state index contributed by atoms with van der Waals surface area (Å²) < 4.78 is 5.08. The minimum absolute atomic E-state index is 0.0162. The van der Waals surface area contributed by atoms with E-state index >= 15 is 0 Å². The average molecular weight is 335 g/mol. The molecule has 2 saturated heterocycles. The van der Waals surface area contributed by atoms with Gasteiger partial charge in [0.25, 0.3) is 0 Å². The van der Waals surface area contributed by atoms with E-state index in [1.165, 1.54) is 0 Å². The molecule has 1 spiro atoms. The van der Waals surface area contributed by atoms with Crippen molar-refractivity contribution in [3.8, 4) is 0 Å². The second-order valence-electron chi connectivity index (χ2n) is 6.66. The van der Waals surface area contributed by atoms with Crippen LogP contribution < -0.4 is 5.32 Å². The van der Waals surface area contributed by atoms with E-state index in [9.17, 15) is 19.5 Å². The lowest BCUT2D eigenvalue weighted by molar-refractivity contribution is -0.145. The number of aliphatic carboxylic acids is 1. The number of likely N-dealkylation sites (tertiary alicyclic amines) is 1. The monoisotopic (exact) mass is 335 g/mol. The van der Waals surface area contributed by atoms with E-state index in [4.69, 9.17) is 4.52 Å². The zero-order valence-corrected chi connectivity index (χ0v) is 13.8. The number of nitrogens with one attached hydrogen (secondary N) is 1. The summed E-state index contributed by atoms with van der Waals surface area (Å²) in [6.07, 6.45) is 1.16. The number of amides is 2. The van der Waals surface area contributed by atoms with Gasteiger partial charge in [0.15, 0.2) is 0 Å². The molecule has 2 amide bonds. The molecule has 0 aliphatic carbocycles. The van der Waals surface area contributed by atoms with Crippen molar-refractivity contribution in [3.63, 3.8) is 0 Å². The molecule has 0 radical (unpaired) electrons. The van der Waals surface area contributed by atoms with Gasteiger partial charge in [0, 0.05) is 25.1 Å². The fraction of sp³-hybridized carbons (Fsp3) is 0.625. The largest absolute Gasteiger partial charge is 0.481 e. The molecule has 8 heteroatoms. The summed E-state index contributed by atoms with van der Waals surface area (Å²) in [5.74, 6) is -1.29. The number of hydrogen-bond acceptors (Lipinski definition) is 5. The maximum Gasteiger partial charge on any atom is 0.309 e. The molecular formula is C16H21N3O5. The summed E-state index contributed by atoms with van der Waals surface area (Å²) in [6, 6.07) is 0. The molecule has 3 heterocycles. The topological polar surface area (TPSA) is 113 Å². The van der Waals surface area contributed by atoms with E-state index < -0.39 is 17.4 Å². The van der Waals surface area contributed by atoms with Crippen LogP contribution in [0.15, 0.2) is 4.52 Å². The number of piperidine rings is 1. The highest BCUT2D eigenvalue weighted by atomic mass is 16.5. The lowest BCUT2D eigenvalue weighted by Crippen LogP contribution is -2.56. The summed E-state index contributed by atoms with van der Waals surface area (Å²) in [5.41, 5.74) is 0.795. The first-order valence-corrected chi connectivity index (χ1v) is 8.06. The van der Waals surface area contributed by atoms with Crippen LogP contribution in [0.25, 0.3) is 0 Å². The lowest BCUT2D eigenvalue weighted by atomic mass is 9.77. The highest BCUT2D eigenvalue weighted by Gasteiger charge is 2.51. The number of carboxylic acid groups (broad SMARTS) is 1. The van der Waals surface area contributed by atoms with E-state index in [1.54, 1.807) is 18.7 Å². The Kier molecular flexibility index (Phi) is 4.06. The van der Waals surface area contributed by atoms with Gasteiger partial charge in [-0.2, -0.15) is 0 Å². The molecule has 1 atom stereocenters. The van der Waals surface area contributed by atoms with E-state index in [0.29, 0.717) is 37.4 Å². The van der Waals surface area contributed by atoms with Gasteiger partial charge in [-0.3, -0.25) is 14.4 Å². The Balaban J connectivity index is 1.65. The van der Waals surface area contributed by atoms with Gasteiger partial charge in [-0.25, -0.2) is 0 Å². The van der Waals surface area contributed by atoms with E-state index in [1.807, 2.05) is 0 Å². The SMILES string of the molecule is Cc1noc(C)c1CC(=O)N1CCC2(CC1)NC(=O)CC2C(=O)O. The van der Waals surface area contributed by atoms with Gasteiger partial charge in [0.1, 0.15) is 5.76 Å². The van der Waals surface area contributed by atoms with Crippen LogP contribution in [0.1, 0.15) is 36.3 Å². The number of hydrogen-bond donors (Lipinski definition) is 2. The average Bonchev–Trinajstić information content (AvgIpc) is 3.02. The maximum atomic E-state index is 12.5. The van der Waals surface area contributed by atoms with Crippen LogP contribution in [0.5, 0.6) is 0 Å². The molecule has 8 nitrogen and oxygen atoms in total. The third-order valence-corrected chi connectivity index (χ3v) is 5.26. The molecule has 2 fully saturated rings. The number of aromatic nitrogens is 1. The maximum absolute atomic E-state index is 12.5. The fourth-order valence-electron chi connectivity index (χ4n) is 3.77. The summed E-state index contributed by atoms with van der Waals surface area (Å²) in [5, 5.41) is 16.1. The van der Waals surface area contributed by atoms with Crippen LogP contribution in [0, 0.1) is 19.8 Å². The standard InChI is InChI=1S/C16H21N3O5/c1-9-11(10(2)24-18-9)7-14(21)19-5-3-16(4-6-19)12(15(22)23)8-13(20)17-16/h12H,3-8H2,1-2H3,(H,17,20)(H,22,23). The zero-order valence-electron chi connectivity index (χ0n) is 13.8. The minimum Gasteiger partial charge on any atom is -0.481 e. The number of carbonyl (C=O) groups excluding carboxylic acids is 2. The van der Waals surface area contributed by atoms with Crippen molar-refractivity contribution in [1.82, 2.24) is 15.4 Å². The number of aryl methyl sites for hydroxylation is 2. The smallest absolute Gasteiger partial charge is 0.309 e. The summed E-state index contributed by atoms with van der Waals surface area (Å²) in [7, 11) is 0. The van der Waals surface area contributed by atoms with Gasteiger partial charge in [-0.15, -0.1) is 0 Å². The number of carboxylic acids is 1. The Labute approximate surface area is 139 Å². The number of carbonyl (C=O) groups is 3. The molecule has 3 rings (SSSR count). The second kappa shape index (κ2) is 5.92. The van der Waals surface area contributed by atoms with Gasteiger partial charge in [0.2, 0.25) is 11.8 Å². The first-order valence-electron chi connectivity index (χ1n) is 8.06. The van der Waals surface area contributed by atoms with Crippen molar-refractivity contribution in [2.45, 2.75) is 45.1 Å². The molecule has 2 aliphatic rings. The lowest BCUT2D eigenvalue weighted by Gasteiger charge is -2.41. The first kappa shape index (κ1) is 16.5. The molecule has 130 valence electrons. The molecule has 24 heavy (non-hydrogen) atoms. The quantitative estimate of drug-likeness (QED) is 0.827. The third kappa shape index (κ3) is 2.76. The molecule has 1 aromatic heterocycles. The highest BCUT2D eigenvalue weighted by Crippen LogP contribution is 2.37. The normalized spacial score (nSPS) is 22.7.